The maximum absolute atomic E-state index is 12.4. The third-order valence-corrected chi connectivity index (χ3v) is 5.75. The van der Waals surface area contributed by atoms with Gasteiger partial charge in [0.25, 0.3) is 5.91 Å². The molecule has 1 amide bonds. The van der Waals surface area contributed by atoms with Crippen molar-refractivity contribution in [3.8, 4) is 11.1 Å². The lowest BCUT2D eigenvalue weighted by molar-refractivity contribution is -0.299. The van der Waals surface area contributed by atoms with E-state index >= 15 is 0 Å². The molecule has 0 aromatic heterocycles. The maximum Gasteiger partial charge on any atom is 0.337 e. The van der Waals surface area contributed by atoms with Gasteiger partial charge in [0.2, 0.25) is 0 Å². The molecule has 0 aliphatic heterocycles. The van der Waals surface area contributed by atoms with E-state index in [2.05, 4.69) is 5.32 Å². The number of aliphatic hydroxyl groups excluding tert-OH is 4. The molecule has 31 heavy (non-hydrogen) atoms. The molecule has 6 N–H and O–H groups in total. The summed E-state index contributed by atoms with van der Waals surface area (Å²) in [6, 6.07) is 13.4. The zero-order valence-electron chi connectivity index (χ0n) is 16.8. The van der Waals surface area contributed by atoms with E-state index in [-0.39, 0.29) is 0 Å². The number of rotatable bonds is 7. The predicted octanol–water partition coefficient (Wildman–Crippen LogP) is -0.694. The number of aliphatic hydroxyl groups is 5. The molecule has 3 rings (SSSR count). The molecule has 0 radical (unpaired) electrons. The zero-order valence-corrected chi connectivity index (χ0v) is 16.8. The van der Waals surface area contributed by atoms with Crippen LogP contribution in [0.2, 0.25) is 0 Å². The fourth-order valence-electron chi connectivity index (χ4n) is 3.78. The van der Waals surface area contributed by atoms with Gasteiger partial charge in [0.05, 0.1) is 25.4 Å². The van der Waals surface area contributed by atoms with Crippen molar-refractivity contribution >= 4 is 11.9 Å². The Bertz CT molecular complexity index is 947. The summed E-state index contributed by atoms with van der Waals surface area (Å²) >= 11 is 0. The maximum atomic E-state index is 12.4. The summed E-state index contributed by atoms with van der Waals surface area (Å²) in [7, 11) is 1.30. The van der Waals surface area contributed by atoms with Crippen LogP contribution in [-0.4, -0.2) is 81.6 Å². The van der Waals surface area contributed by atoms with Crippen molar-refractivity contribution < 1.29 is 39.9 Å². The number of carbonyl (C=O) groups is 2. The Morgan fingerprint density at radius 3 is 2.39 bits per heavy atom. The van der Waals surface area contributed by atoms with E-state index in [1.807, 2.05) is 6.07 Å². The molecule has 0 heterocycles. The minimum Gasteiger partial charge on any atom is -0.465 e. The average molecular weight is 431 g/mol. The molecule has 1 aliphatic carbocycles. The minimum atomic E-state index is -2.12. The summed E-state index contributed by atoms with van der Waals surface area (Å²) in [5.74, 6) is -2.09. The summed E-state index contributed by atoms with van der Waals surface area (Å²) < 4.78 is 4.71. The normalized spacial score (nSPS) is 25.9. The Kier molecular flexibility index (Phi) is 6.73. The second-order valence-corrected chi connectivity index (χ2v) is 7.49. The van der Waals surface area contributed by atoms with Crippen LogP contribution >= 0.6 is 0 Å². The number of carbonyl (C=O) groups excluding carboxylic acids is 2. The van der Waals surface area contributed by atoms with Crippen LogP contribution in [0.15, 0.2) is 48.5 Å². The Morgan fingerprint density at radius 2 is 1.77 bits per heavy atom. The third-order valence-electron chi connectivity index (χ3n) is 5.75. The minimum absolute atomic E-state index is 0.292. The highest BCUT2D eigenvalue weighted by Crippen LogP contribution is 2.41. The van der Waals surface area contributed by atoms with Crippen molar-refractivity contribution in [3.63, 3.8) is 0 Å². The molecule has 2 aromatic carbocycles. The lowest BCUT2D eigenvalue weighted by Gasteiger charge is -2.54. The van der Waals surface area contributed by atoms with Crippen molar-refractivity contribution in [1.29, 1.82) is 0 Å². The summed E-state index contributed by atoms with van der Waals surface area (Å²) in [5.41, 5.74) is 0.114. The molecule has 9 heteroatoms. The van der Waals surface area contributed by atoms with Gasteiger partial charge in [-0.25, -0.2) is 4.79 Å². The molecule has 1 fully saturated rings. The fraction of sp³-hybridized carbons (Fsp3) is 0.364. The number of hydrogen-bond acceptors (Lipinski definition) is 8. The van der Waals surface area contributed by atoms with Crippen molar-refractivity contribution in [2.45, 2.75) is 23.9 Å². The van der Waals surface area contributed by atoms with Crippen LogP contribution in [0, 0.1) is 5.92 Å². The van der Waals surface area contributed by atoms with E-state index in [1.165, 1.54) is 7.11 Å². The van der Waals surface area contributed by atoms with Crippen LogP contribution < -0.4 is 5.32 Å². The summed E-state index contributed by atoms with van der Waals surface area (Å²) in [6.45, 7) is -1.02. The molecule has 9 nitrogen and oxygen atoms in total. The molecular weight excluding hydrogens is 406 g/mol. The van der Waals surface area contributed by atoms with Gasteiger partial charge in [0.15, 0.2) is 0 Å². The molecule has 0 saturated heterocycles. The van der Waals surface area contributed by atoms with Crippen LogP contribution in [0.25, 0.3) is 11.1 Å². The molecule has 2 aromatic rings. The van der Waals surface area contributed by atoms with Gasteiger partial charge in [0.1, 0.15) is 17.8 Å². The number of nitrogens with one attached hydrogen (secondary N) is 1. The largest absolute Gasteiger partial charge is 0.465 e. The zero-order chi connectivity index (χ0) is 22.8. The Hall–Kier alpha value is -2.82. The fourth-order valence-corrected chi connectivity index (χ4v) is 3.78. The van der Waals surface area contributed by atoms with Gasteiger partial charge < -0.3 is 35.6 Å². The van der Waals surface area contributed by atoms with Gasteiger partial charge in [-0.05, 0) is 35.4 Å². The second kappa shape index (κ2) is 9.13. The monoisotopic (exact) mass is 431 g/mol. The first-order valence-electron chi connectivity index (χ1n) is 9.68. The van der Waals surface area contributed by atoms with Gasteiger partial charge in [-0.2, -0.15) is 0 Å². The van der Waals surface area contributed by atoms with Crippen LogP contribution in [-0.2, 0) is 4.74 Å². The molecule has 5 unspecified atom stereocenters. The number of methoxy groups -OCH3 is 1. The molecule has 1 aliphatic rings. The first kappa shape index (κ1) is 22.9. The molecule has 5 atom stereocenters. The van der Waals surface area contributed by atoms with Gasteiger partial charge >= 0.3 is 5.97 Å². The summed E-state index contributed by atoms with van der Waals surface area (Å²) in [6.07, 6.45) is -4.57. The SMILES string of the molecule is COC(=O)c1cccc(-c2ccc(C(=O)NCC(O)C3(O)C(O)C(O)C3CO)cc2)c1. The first-order valence-corrected chi connectivity index (χ1v) is 9.68. The van der Waals surface area contributed by atoms with Crippen molar-refractivity contribution in [1.82, 2.24) is 5.32 Å². The van der Waals surface area contributed by atoms with E-state index in [0.29, 0.717) is 11.1 Å². The molecule has 166 valence electrons. The number of ether oxygens (including phenoxy) is 1. The number of amides is 1. The standard InChI is InChI=1S/C22H25NO8/c1-31-21(29)15-4-2-3-14(9-15)12-5-7-13(8-6-12)20(28)23-10-17(25)22(30)16(11-24)18(26)19(22)27/h2-9,16-19,24-27,30H,10-11H2,1H3,(H,23,28). The van der Waals surface area contributed by atoms with E-state index < -0.39 is 54.9 Å². The molecular formula is C22H25NO8. The van der Waals surface area contributed by atoms with E-state index in [0.717, 1.165) is 11.1 Å². The van der Waals surface area contributed by atoms with Gasteiger partial charge in [-0.15, -0.1) is 0 Å². The Morgan fingerprint density at radius 1 is 1.10 bits per heavy atom. The summed E-state index contributed by atoms with van der Waals surface area (Å²) in [4.78, 5) is 24.1. The van der Waals surface area contributed by atoms with Crippen LogP contribution in [0.1, 0.15) is 20.7 Å². The van der Waals surface area contributed by atoms with Crippen LogP contribution in [0.3, 0.4) is 0 Å². The Labute approximate surface area is 178 Å². The first-order chi connectivity index (χ1) is 14.7. The predicted molar refractivity (Wildman–Crippen MR) is 109 cm³/mol. The van der Waals surface area contributed by atoms with Gasteiger partial charge in [0, 0.05) is 18.0 Å². The number of benzene rings is 2. The molecule has 0 spiro atoms. The summed E-state index contributed by atoms with van der Waals surface area (Å²) in [5, 5.41) is 51.7. The van der Waals surface area contributed by atoms with Crippen molar-refractivity contribution in [3.05, 3.63) is 59.7 Å². The quantitative estimate of drug-likeness (QED) is 0.315. The Balaban J connectivity index is 1.64. The van der Waals surface area contributed by atoms with Crippen molar-refractivity contribution in [2.75, 3.05) is 20.3 Å². The molecule has 1 saturated carbocycles. The topological polar surface area (TPSA) is 157 Å². The third kappa shape index (κ3) is 4.18. The number of hydrogen-bond donors (Lipinski definition) is 6. The lowest BCUT2D eigenvalue weighted by Crippen LogP contribution is -2.76. The smallest absolute Gasteiger partial charge is 0.337 e. The van der Waals surface area contributed by atoms with Crippen LogP contribution in [0.4, 0.5) is 0 Å². The highest BCUT2D eigenvalue weighted by Gasteiger charge is 2.64. The van der Waals surface area contributed by atoms with Crippen LogP contribution in [0.5, 0.6) is 0 Å². The second-order valence-electron chi connectivity index (χ2n) is 7.49. The number of esters is 1. The highest BCUT2D eigenvalue weighted by molar-refractivity contribution is 5.95. The lowest BCUT2D eigenvalue weighted by atomic mass is 9.62. The van der Waals surface area contributed by atoms with E-state index in [9.17, 15) is 35.1 Å². The molecule has 0 bridgehead atoms. The van der Waals surface area contributed by atoms with Gasteiger partial charge in [-0.1, -0.05) is 24.3 Å². The van der Waals surface area contributed by atoms with Gasteiger partial charge in [-0.3, -0.25) is 4.79 Å². The van der Waals surface area contributed by atoms with E-state index in [4.69, 9.17) is 4.74 Å². The highest BCUT2D eigenvalue weighted by atomic mass is 16.5. The average Bonchev–Trinajstić information content (AvgIpc) is 2.81. The van der Waals surface area contributed by atoms with Crippen molar-refractivity contribution in [2.24, 2.45) is 5.92 Å². The van der Waals surface area contributed by atoms with E-state index in [1.54, 1.807) is 42.5 Å².